The third-order valence-corrected chi connectivity index (χ3v) is 4.32. The van der Waals surface area contributed by atoms with Gasteiger partial charge in [-0.05, 0) is 38.0 Å². The standard InChI is InChI=1S/C13H18N2O3/c1-9-8-10(15-18-9)12(16)14-11-2-3-13(11)4-6-17-7-5-13/h8,11H,2-7H2,1H3,(H,14,16). The fourth-order valence-electron chi connectivity index (χ4n) is 3.00. The minimum Gasteiger partial charge on any atom is -0.381 e. The monoisotopic (exact) mass is 250 g/mol. The summed E-state index contributed by atoms with van der Waals surface area (Å²) in [5, 5.41) is 6.84. The molecule has 2 fully saturated rings. The second-order valence-electron chi connectivity index (χ2n) is 5.36. The molecule has 1 unspecified atom stereocenters. The minimum atomic E-state index is -0.123. The van der Waals surface area contributed by atoms with Crippen molar-refractivity contribution in [3.8, 4) is 0 Å². The molecule has 0 radical (unpaired) electrons. The largest absolute Gasteiger partial charge is 0.381 e. The van der Waals surface area contributed by atoms with E-state index in [0.29, 0.717) is 11.5 Å². The molecular weight excluding hydrogens is 232 g/mol. The van der Waals surface area contributed by atoms with Crippen molar-refractivity contribution < 1.29 is 14.1 Å². The summed E-state index contributed by atoms with van der Waals surface area (Å²) in [6, 6.07) is 1.94. The molecule has 1 aliphatic carbocycles. The lowest BCUT2D eigenvalue weighted by Gasteiger charge is -2.51. The average molecular weight is 250 g/mol. The van der Waals surface area contributed by atoms with E-state index in [1.807, 2.05) is 0 Å². The summed E-state index contributed by atoms with van der Waals surface area (Å²) >= 11 is 0. The van der Waals surface area contributed by atoms with Crippen LogP contribution in [-0.2, 0) is 4.74 Å². The fraction of sp³-hybridized carbons (Fsp3) is 0.692. The number of nitrogens with zero attached hydrogens (tertiary/aromatic N) is 1. The summed E-state index contributed by atoms with van der Waals surface area (Å²) in [4.78, 5) is 12.0. The Kier molecular flexibility index (Phi) is 2.86. The summed E-state index contributed by atoms with van der Waals surface area (Å²) in [5.74, 6) is 0.539. The highest BCUT2D eigenvalue weighted by Crippen LogP contribution is 2.48. The number of hydrogen-bond donors (Lipinski definition) is 1. The molecule has 0 bridgehead atoms. The lowest BCUT2D eigenvalue weighted by molar-refractivity contribution is -0.0523. The van der Waals surface area contributed by atoms with Crippen molar-refractivity contribution in [2.24, 2.45) is 5.41 Å². The van der Waals surface area contributed by atoms with Crippen molar-refractivity contribution in [1.82, 2.24) is 10.5 Å². The highest BCUT2D eigenvalue weighted by atomic mass is 16.5. The van der Waals surface area contributed by atoms with E-state index in [2.05, 4.69) is 10.5 Å². The number of carbonyl (C=O) groups is 1. The normalized spacial score (nSPS) is 25.7. The van der Waals surface area contributed by atoms with Crippen LogP contribution in [0.25, 0.3) is 0 Å². The van der Waals surface area contributed by atoms with E-state index in [4.69, 9.17) is 9.26 Å². The Morgan fingerprint density at radius 3 is 2.78 bits per heavy atom. The summed E-state index contributed by atoms with van der Waals surface area (Å²) in [5.41, 5.74) is 0.647. The molecule has 18 heavy (non-hydrogen) atoms. The minimum absolute atomic E-state index is 0.123. The summed E-state index contributed by atoms with van der Waals surface area (Å²) in [6.45, 7) is 3.41. The highest BCUT2D eigenvalue weighted by Gasteiger charge is 2.48. The van der Waals surface area contributed by atoms with Crippen LogP contribution in [0.5, 0.6) is 0 Å². The van der Waals surface area contributed by atoms with Gasteiger partial charge in [-0.3, -0.25) is 4.79 Å². The maximum atomic E-state index is 12.0. The van der Waals surface area contributed by atoms with Gasteiger partial charge in [0.1, 0.15) is 5.76 Å². The topological polar surface area (TPSA) is 64.4 Å². The number of rotatable bonds is 2. The van der Waals surface area contributed by atoms with Crippen LogP contribution >= 0.6 is 0 Å². The van der Waals surface area contributed by atoms with Gasteiger partial charge in [0, 0.05) is 25.3 Å². The SMILES string of the molecule is Cc1cc(C(=O)NC2CCC23CCOCC3)no1. The molecule has 98 valence electrons. The Morgan fingerprint density at radius 2 is 2.22 bits per heavy atom. The predicted octanol–water partition coefficient (Wildman–Crippen LogP) is 1.67. The summed E-state index contributed by atoms with van der Waals surface area (Å²) < 4.78 is 10.3. The van der Waals surface area contributed by atoms with Gasteiger partial charge in [0.2, 0.25) is 0 Å². The van der Waals surface area contributed by atoms with Gasteiger partial charge in [-0.1, -0.05) is 5.16 Å². The van der Waals surface area contributed by atoms with Crippen LogP contribution in [0.15, 0.2) is 10.6 Å². The van der Waals surface area contributed by atoms with Gasteiger partial charge in [0.15, 0.2) is 5.69 Å². The number of carbonyl (C=O) groups excluding carboxylic acids is 1. The first-order valence-corrected chi connectivity index (χ1v) is 6.52. The van der Waals surface area contributed by atoms with Gasteiger partial charge >= 0.3 is 0 Å². The smallest absolute Gasteiger partial charge is 0.273 e. The first-order valence-electron chi connectivity index (χ1n) is 6.52. The fourth-order valence-corrected chi connectivity index (χ4v) is 3.00. The van der Waals surface area contributed by atoms with Gasteiger partial charge in [-0.2, -0.15) is 0 Å². The number of aromatic nitrogens is 1. The summed E-state index contributed by atoms with van der Waals surface area (Å²) in [7, 11) is 0. The van der Waals surface area contributed by atoms with Crippen LogP contribution < -0.4 is 5.32 Å². The van der Waals surface area contributed by atoms with Crippen molar-refractivity contribution in [1.29, 1.82) is 0 Å². The van der Waals surface area contributed by atoms with Gasteiger partial charge in [0.05, 0.1) is 0 Å². The molecule has 5 nitrogen and oxygen atoms in total. The first-order chi connectivity index (χ1) is 8.70. The molecule has 1 N–H and O–H groups in total. The summed E-state index contributed by atoms with van der Waals surface area (Å²) in [6.07, 6.45) is 4.35. The molecule has 1 aromatic rings. The number of hydrogen-bond acceptors (Lipinski definition) is 4. The Balaban J connectivity index is 1.64. The lowest BCUT2D eigenvalue weighted by Crippen LogP contribution is -2.57. The highest BCUT2D eigenvalue weighted by molar-refractivity contribution is 5.92. The van der Waals surface area contributed by atoms with E-state index >= 15 is 0 Å². The second kappa shape index (κ2) is 4.39. The van der Waals surface area contributed by atoms with Gasteiger partial charge in [-0.25, -0.2) is 0 Å². The Hall–Kier alpha value is -1.36. The van der Waals surface area contributed by atoms with Crippen molar-refractivity contribution in [2.75, 3.05) is 13.2 Å². The zero-order valence-corrected chi connectivity index (χ0v) is 10.6. The number of amides is 1. The number of aryl methyl sites for hydroxylation is 1. The molecule has 1 aromatic heterocycles. The van der Waals surface area contributed by atoms with Crippen molar-refractivity contribution in [3.05, 3.63) is 17.5 Å². The molecule has 2 heterocycles. The van der Waals surface area contributed by atoms with E-state index in [1.165, 1.54) is 6.42 Å². The molecule has 5 heteroatoms. The lowest BCUT2D eigenvalue weighted by atomic mass is 9.60. The maximum absolute atomic E-state index is 12.0. The van der Waals surface area contributed by atoms with E-state index in [9.17, 15) is 4.79 Å². The molecule has 2 aliphatic rings. The van der Waals surface area contributed by atoms with Crippen molar-refractivity contribution in [2.45, 2.75) is 38.6 Å². The molecular formula is C13H18N2O3. The molecule has 1 saturated heterocycles. The van der Waals surface area contributed by atoms with Crippen LogP contribution in [0.1, 0.15) is 41.9 Å². The van der Waals surface area contributed by atoms with Crippen LogP contribution in [-0.4, -0.2) is 30.3 Å². The molecule has 1 amide bonds. The zero-order valence-electron chi connectivity index (χ0n) is 10.6. The molecule has 1 saturated carbocycles. The quantitative estimate of drug-likeness (QED) is 0.867. The van der Waals surface area contributed by atoms with Crippen LogP contribution in [0, 0.1) is 12.3 Å². The number of nitrogens with one attached hydrogen (secondary N) is 1. The van der Waals surface area contributed by atoms with E-state index in [-0.39, 0.29) is 17.4 Å². The number of ether oxygens (including phenoxy) is 1. The zero-order chi connectivity index (χ0) is 12.6. The predicted molar refractivity (Wildman–Crippen MR) is 64.2 cm³/mol. The van der Waals surface area contributed by atoms with E-state index in [1.54, 1.807) is 13.0 Å². The first kappa shape index (κ1) is 11.7. The molecule has 3 rings (SSSR count). The second-order valence-corrected chi connectivity index (χ2v) is 5.36. The molecule has 1 atom stereocenters. The van der Waals surface area contributed by atoms with Gasteiger partial charge in [-0.15, -0.1) is 0 Å². The third kappa shape index (κ3) is 1.92. The Bertz CT molecular complexity index is 449. The van der Waals surface area contributed by atoms with Gasteiger partial charge in [0.25, 0.3) is 5.91 Å². The van der Waals surface area contributed by atoms with Crippen molar-refractivity contribution in [3.63, 3.8) is 0 Å². The van der Waals surface area contributed by atoms with Crippen molar-refractivity contribution >= 4 is 5.91 Å². The van der Waals surface area contributed by atoms with Crippen LogP contribution in [0.3, 0.4) is 0 Å². The Labute approximate surface area is 106 Å². The molecule has 1 aliphatic heterocycles. The van der Waals surface area contributed by atoms with E-state index in [0.717, 1.165) is 32.5 Å². The molecule has 0 aromatic carbocycles. The van der Waals surface area contributed by atoms with Crippen LogP contribution in [0.2, 0.25) is 0 Å². The van der Waals surface area contributed by atoms with E-state index < -0.39 is 0 Å². The van der Waals surface area contributed by atoms with Crippen LogP contribution in [0.4, 0.5) is 0 Å². The maximum Gasteiger partial charge on any atom is 0.273 e. The Morgan fingerprint density at radius 1 is 1.44 bits per heavy atom. The third-order valence-electron chi connectivity index (χ3n) is 4.32. The molecule has 1 spiro atoms. The average Bonchev–Trinajstić information content (AvgIpc) is 2.82. The van der Waals surface area contributed by atoms with Gasteiger partial charge < -0.3 is 14.6 Å².